The molecule has 0 heterocycles. The Bertz CT molecular complexity index is 727. The van der Waals surface area contributed by atoms with E-state index in [0.29, 0.717) is 23.0 Å². The van der Waals surface area contributed by atoms with Crippen LogP contribution < -0.4 is 20.5 Å². The Balaban J connectivity index is 2.05. The third-order valence-electron chi connectivity index (χ3n) is 3.65. The second kappa shape index (κ2) is 7.73. The van der Waals surface area contributed by atoms with Gasteiger partial charge in [0.05, 0.1) is 12.8 Å². The second-order valence-corrected chi connectivity index (χ2v) is 5.99. The van der Waals surface area contributed by atoms with Crippen molar-refractivity contribution in [3.05, 3.63) is 47.5 Å². The molecule has 2 aromatic carbocycles. The van der Waals surface area contributed by atoms with Gasteiger partial charge in [0.25, 0.3) is 5.91 Å². The van der Waals surface area contributed by atoms with Gasteiger partial charge in [-0.2, -0.15) is 0 Å². The molecule has 0 bridgehead atoms. The third-order valence-corrected chi connectivity index (χ3v) is 3.65. The largest absolute Gasteiger partial charge is 0.494 e. The molecule has 0 radical (unpaired) electrons. The van der Waals surface area contributed by atoms with E-state index < -0.39 is 0 Å². The van der Waals surface area contributed by atoms with Crippen LogP contribution in [0.5, 0.6) is 11.5 Å². The van der Waals surface area contributed by atoms with Crippen LogP contribution in [0.1, 0.15) is 30.9 Å². The summed E-state index contributed by atoms with van der Waals surface area (Å²) in [6.07, 6.45) is 0. The summed E-state index contributed by atoms with van der Waals surface area (Å²) in [5.41, 5.74) is 9.02. The number of methoxy groups -OCH3 is 1. The van der Waals surface area contributed by atoms with Crippen molar-refractivity contribution in [3.8, 4) is 11.5 Å². The highest BCUT2D eigenvalue weighted by Crippen LogP contribution is 2.28. The minimum absolute atomic E-state index is 0.0727. The number of ether oxygens (including phenoxy) is 2. The molecule has 128 valence electrons. The Kier molecular flexibility index (Phi) is 5.68. The molecule has 0 fully saturated rings. The van der Waals surface area contributed by atoms with E-state index >= 15 is 0 Å². The van der Waals surface area contributed by atoms with E-state index in [2.05, 4.69) is 19.2 Å². The molecule has 0 saturated heterocycles. The fraction of sp³-hybridized carbons (Fsp3) is 0.316. The van der Waals surface area contributed by atoms with Crippen molar-refractivity contribution in [1.29, 1.82) is 0 Å². The second-order valence-electron chi connectivity index (χ2n) is 5.99. The molecular weight excluding hydrogens is 304 g/mol. The Morgan fingerprint density at radius 3 is 2.58 bits per heavy atom. The van der Waals surface area contributed by atoms with E-state index in [-0.39, 0.29) is 12.5 Å². The van der Waals surface area contributed by atoms with Crippen LogP contribution in [0, 0.1) is 6.92 Å². The number of carbonyl (C=O) groups excluding carboxylic acids is 1. The van der Waals surface area contributed by atoms with Crippen LogP contribution in [0.25, 0.3) is 0 Å². The zero-order chi connectivity index (χ0) is 17.7. The fourth-order valence-corrected chi connectivity index (χ4v) is 2.38. The maximum absolute atomic E-state index is 12.2. The first-order chi connectivity index (χ1) is 11.4. The van der Waals surface area contributed by atoms with Crippen molar-refractivity contribution in [2.24, 2.45) is 0 Å². The van der Waals surface area contributed by atoms with Crippen molar-refractivity contribution < 1.29 is 14.3 Å². The van der Waals surface area contributed by atoms with Gasteiger partial charge in [-0.05, 0) is 42.2 Å². The Labute approximate surface area is 142 Å². The first-order valence-electron chi connectivity index (χ1n) is 7.87. The lowest BCUT2D eigenvalue weighted by atomic mass is 10.0. The summed E-state index contributed by atoms with van der Waals surface area (Å²) in [4.78, 5) is 12.2. The van der Waals surface area contributed by atoms with E-state index in [1.165, 1.54) is 7.11 Å². The topological polar surface area (TPSA) is 73.6 Å². The molecule has 5 nitrogen and oxygen atoms in total. The maximum Gasteiger partial charge on any atom is 0.262 e. The van der Waals surface area contributed by atoms with Crippen LogP contribution in [-0.2, 0) is 4.79 Å². The smallest absolute Gasteiger partial charge is 0.262 e. The number of hydrogen-bond donors (Lipinski definition) is 2. The van der Waals surface area contributed by atoms with E-state index in [1.54, 1.807) is 18.2 Å². The van der Waals surface area contributed by atoms with Crippen molar-refractivity contribution in [3.63, 3.8) is 0 Å². The molecule has 0 saturated carbocycles. The summed E-state index contributed by atoms with van der Waals surface area (Å²) in [7, 11) is 1.53. The molecule has 0 spiro atoms. The molecule has 0 aromatic heterocycles. The summed E-state index contributed by atoms with van der Waals surface area (Å²) in [5, 5.41) is 2.78. The molecule has 0 aliphatic heterocycles. The molecule has 0 aliphatic carbocycles. The number of rotatable bonds is 6. The zero-order valence-corrected chi connectivity index (χ0v) is 14.6. The number of hydrogen-bond acceptors (Lipinski definition) is 4. The van der Waals surface area contributed by atoms with Gasteiger partial charge in [0, 0.05) is 11.8 Å². The Hall–Kier alpha value is -2.69. The fourth-order valence-electron chi connectivity index (χ4n) is 2.38. The molecule has 5 heteroatoms. The third kappa shape index (κ3) is 4.41. The molecule has 2 aromatic rings. The highest BCUT2D eigenvalue weighted by molar-refractivity contribution is 5.93. The summed E-state index contributed by atoms with van der Waals surface area (Å²) >= 11 is 0. The van der Waals surface area contributed by atoms with Gasteiger partial charge in [0.1, 0.15) is 11.5 Å². The first-order valence-corrected chi connectivity index (χ1v) is 7.87. The number of amides is 1. The number of aryl methyl sites for hydroxylation is 1. The number of nitrogens with one attached hydrogen (secondary N) is 1. The lowest BCUT2D eigenvalue weighted by molar-refractivity contribution is -0.118. The average molecular weight is 328 g/mol. The van der Waals surface area contributed by atoms with Crippen molar-refractivity contribution >= 4 is 17.3 Å². The molecule has 3 N–H and O–H groups in total. The minimum Gasteiger partial charge on any atom is -0.494 e. The highest BCUT2D eigenvalue weighted by atomic mass is 16.5. The molecule has 2 rings (SSSR count). The predicted octanol–water partition coefficient (Wildman–Crippen LogP) is 3.73. The van der Waals surface area contributed by atoms with E-state index in [0.717, 1.165) is 16.9 Å². The number of nitrogens with two attached hydrogens (primary N) is 1. The monoisotopic (exact) mass is 328 g/mol. The van der Waals surface area contributed by atoms with Gasteiger partial charge >= 0.3 is 0 Å². The quantitative estimate of drug-likeness (QED) is 0.793. The van der Waals surface area contributed by atoms with E-state index in [4.69, 9.17) is 15.2 Å². The van der Waals surface area contributed by atoms with Gasteiger partial charge in [-0.3, -0.25) is 4.79 Å². The lowest BCUT2D eigenvalue weighted by Gasteiger charge is -2.15. The minimum atomic E-state index is -0.255. The first kappa shape index (κ1) is 17.7. The molecule has 0 unspecified atom stereocenters. The van der Waals surface area contributed by atoms with Crippen LogP contribution in [0.2, 0.25) is 0 Å². The average Bonchev–Trinajstić information content (AvgIpc) is 2.54. The van der Waals surface area contributed by atoms with Gasteiger partial charge in [-0.1, -0.05) is 26.0 Å². The molecule has 0 atom stereocenters. The van der Waals surface area contributed by atoms with Crippen LogP contribution in [0.3, 0.4) is 0 Å². The number of anilines is 2. The lowest BCUT2D eigenvalue weighted by Crippen LogP contribution is -2.21. The van der Waals surface area contributed by atoms with Crippen LogP contribution in [-0.4, -0.2) is 19.6 Å². The van der Waals surface area contributed by atoms with E-state index in [1.807, 2.05) is 25.1 Å². The van der Waals surface area contributed by atoms with Gasteiger partial charge in [-0.15, -0.1) is 0 Å². The SMILES string of the molecule is COc1cc(N)ccc1NC(=O)COc1cc(C)ccc1C(C)C. The van der Waals surface area contributed by atoms with Crippen molar-refractivity contribution in [1.82, 2.24) is 0 Å². The molecule has 24 heavy (non-hydrogen) atoms. The Morgan fingerprint density at radius 1 is 1.17 bits per heavy atom. The normalized spacial score (nSPS) is 10.5. The van der Waals surface area contributed by atoms with Gasteiger partial charge < -0.3 is 20.5 Å². The summed E-state index contributed by atoms with van der Waals surface area (Å²) in [6, 6.07) is 11.1. The van der Waals surface area contributed by atoms with Crippen LogP contribution in [0.15, 0.2) is 36.4 Å². The van der Waals surface area contributed by atoms with Gasteiger partial charge in [0.15, 0.2) is 6.61 Å². The summed E-state index contributed by atoms with van der Waals surface area (Å²) < 4.78 is 11.0. The van der Waals surface area contributed by atoms with Gasteiger partial charge in [0.2, 0.25) is 0 Å². The van der Waals surface area contributed by atoms with Crippen LogP contribution in [0.4, 0.5) is 11.4 Å². The number of nitrogen functional groups attached to an aromatic ring is 1. The maximum atomic E-state index is 12.2. The van der Waals surface area contributed by atoms with Crippen molar-refractivity contribution in [2.75, 3.05) is 24.8 Å². The summed E-state index contributed by atoms with van der Waals surface area (Å²) in [6.45, 7) is 6.11. The Morgan fingerprint density at radius 2 is 1.92 bits per heavy atom. The van der Waals surface area contributed by atoms with Crippen LogP contribution >= 0.6 is 0 Å². The highest BCUT2D eigenvalue weighted by Gasteiger charge is 2.12. The van der Waals surface area contributed by atoms with Gasteiger partial charge in [-0.25, -0.2) is 0 Å². The predicted molar refractivity (Wildman–Crippen MR) is 96.8 cm³/mol. The van der Waals surface area contributed by atoms with E-state index in [9.17, 15) is 4.79 Å². The van der Waals surface area contributed by atoms with Crippen molar-refractivity contribution in [2.45, 2.75) is 26.7 Å². The number of benzene rings is 2. The molecular formula is C19H24N2O3. The zero-order valence-electron chi connectivity index (χ0n) is 14.6. The summed E-state index contributed by atoms with van der Waals surface area (Å²) in [5.74, 6) is 1.32. The standard InChI is InChI=1S/C19H24N2O3/c1-12(2)15-7-5-13(3)9-17(15)24-11-19(22)21-16-8-6-14(20)10-18(16)23-4/h5-10,12H,11,20H2,1-4H3,(H,21,22). The number of carbonyl (C=O) groups is 1. The molecule has 0 aliphatic rings. The molecule has 1 amide bonds.